The second-order valence-electron chi connectivity index (χ2n) is 6.44. The molecule has 1 atom stereocenters. The molecule has 0 aromatic rings. The van der Waals surface area contributed by atoms with Gasteiger partial charge in [0.1, 0.15) is 0 Å². The minimum absolute atomic E-state index is 0.0316. The van der Waals surface area contributed by atoms with Crippen LogP contribution in [0.25, 0.3) is 0 Å². The highest BCUT2D eigenvalue weighted by Gasteiger charge is 2.24. The molecule has 1 aliphatic rings. The second kappa shape index (κ2) is 9.33. The zero-order chi connectivity index (χ0) is 17.4. The van der Waals surface area contributed by atoms with Crippen molar-refractivity contribution in [2.24, 2.45) is 5.92 Å². The highest BCUT2D eigenvalue weighted by atomic mass is 16.2. The predicted octanol–water partition coefficient (Wildman–Crippen LogP) is 1.17. The number of amides is 3. The fourth-order valence-electron chi connectivity index (χ4n) is 2.85. The van der Waals surface area contributed by atoms with E-state index < -0.39 is 0 Å². The lowest BCUT2D eigenvalue weighted by Gasteiger charge is -2.31. The molecule has 1 fully saturated rings. The van der Waals surface area contributed by atoms with Crippen molar-refractivity contribution >= 4 is 18.2 Å². The van der Waals surface area contributed by atoms with Crippen LogP contribution in [-0.2, 0) is 14.4 Å². The molecule has 3 amide bonds. The molecule has 0 unspecified atom stereocenters. The van der Waals surface area contributed by atoms with Gasteiger partial charge >= 0.3 is 0 Å². The van der Waals surface area contributed by atoms with Crippen LogP contribution >= 0.6 is 0 Å². The summed E-state index contributed by atoms with van der Waals surface area (Å²) in [7, 11) is 1.70. The maximum Gasteiger partial charge on any atom is 0.249 e. The Morgan fingerprint density at radius 3 is 2.35 bits per heavy atom. The first-order valence-corrected chi connectivity index (χ1v) is 8.28. The molecule has 6 heteroatoms. The lowest BCUT2D eigenvalue weighted by molar-refractivity contribution is -0.132. The highest BCUT2D eigenvalue weighted by Crippen LogP contribution is 2.16. The standard InChI is InChI=1S/C17H29N3O3/c1-13(2)15(19(4)16(22)11-18-12-21)10-14(3)17(23)20-8-6-5-7-9-20/h10,12-13,15H,5-9,11H2,1-4H3,(H,18,21)/b14-10+/t15-/m1/s1. The Labute approximate surface area is 138 Å². The SMILES string of the molecule is C/C(=C\[C@H](C(C)C)N(C)C(=O)CNC=O)C(=O)N1CCCCC1. The molecule has 0 bridgehead atoms. The third-order valence-corrected chi connectivity index (χ3v) is 4.26. The largest absolute Gasteiger partial charge is 0.350 e. The lowest BCUT2D eigenvalue weighted by Crippen LogP contribution is -2.44. The van der Waals surface area contributed by atoms with Crippen molar-refractivity contribution in [3.05, 3.63) is 11.6 Å². The molecule has 0 radical (unpaired) electrons. The monoisotopic (exact) mass is 323 g/mol. The first-order valence-electron chi connectivity index (χ1n) is 8.28. The summed E-state index contributed by atoms with van der Waals surface area (Å²) in [4.78, 5) is 38.4. The molecule has 1 saturated heterocycles. The number of likely N-dealkylation sites (N-methyl/N-ethyl adjacent to an activating group) is 1. The molecule has 0 aromatic heterocycles. The molecular formula is C17H29N3O3. The van der Waals surface area contributed by atoms with Gasteiger partial charge in [-0.25, -0.2) is 0 Å². The van der Waals surface area contributed by atoms with E-state index in [2.05, 4.69) is 5.32 Å². The van der Waals surface area contributed by atoms with Gasteiger partial charge in [0, 0.05) is 25.7 Å². The fraction of sp³-hybridized carbons (Fsp3) is 0.706. The molecule has 130 valence electrons. The Kier molecular flexibility index (Phi) is 7.78. The van der Waals surface area contributed by atoms with E-state index in [9.17, 15) is 14.4 Å². The summed E-state index contributed by atoms with van der Waals surface area (Å²) >= 11 is 0. The molecule has 1 aliphatic heterocycles. The highest BCUT2D eigenvalue weighted by molar-refractivity contribution is 5.93. The van der Waals surface area contributed by atoms with Gasteiger partial charge < -0.3 is 15.1 Å². The van der Waals surface area contributed by atoms with Gasteiger partial charge in [0.15, 0.2) is 0 Å². The van der Waals surface area contributed by atoms with Gasteiger partial charge in [-0.2, -0.15) is 0 Å². The summed E-state index contributed by atoms with van der Waals surface area (Å²) in [5.74, 6) is 0.0526. The number of nitrogens with zero attached hydrogens (tertiary/aromatic N) is 2. The number of hydrogen-bond donors (Lipinski definition) is 1. The maximum absolute atomic E-state index is 12.5. The van der Waals surface area contributed by atoms with Crippen LogP contribution in [0.15, 0.2) is 11.6 Å². The maximum atomic E-state index is 12.5. The number of carbonyl (C=O) groups is 3. The third kappa shape index (κ3) is 5.69. The summed E-state index contributed by atoms with van der Waals surface area (Å²) in [6, 6.07) is -0.176. The normalized spacial score (nSPS) is 16.9. The summed E-state index contributed by atoms with van der Waals surface area (Å²) in [5, 5.41) is 2.38. The lowest BCUT2D eigenvalue weighted by atomic mass is 9.99. The molecule has 1 heterocycles. The molecule has 23 heavy (non-hydrogen) atoms. The molecule has 0 aliphatic carbocycles. The predicted molar refractivity (Wildman–Crippen MR) is 89.7 cm³/mol. The molecule has 0 aromatic carbocycles. The van der Waals surface area contributed by atoms with Crippen LogP contribution in [-0.4, -0.2) is 60.7 Å². The summed E-state index contributed by atoms with van der Waals surface area (Å²) in [6.45, 7) is 7.43. The number of nitrogens with one attached hydrogen (secondary N) is 1. The zero-order valence-corrected chi connectivity index (χ0v) is 14.7. The smallest absolute Gasteiger partial charge is 0.249 e. The van der Waals surface area contributed by atoms with Gasteiger partial charge in [-0.15, -0.1) is 0 Å². The van der Waals surface area contributed by atoms with Crippen molar-refractivity contribution in [3.63, 3.8) is 0 Å². The van der Waals surface area contributed by atoms with Crippen molar-refractivity contribution < 1.29 is 14.4 Å². The number of rotatable bonds is 7. The molecule has 1 rings (SSSR count). The van der Waals surface area contributed by atoms with E-state index in [4.69, 9.17) is 0 Å². The van der Waals surface area contributed by atoms with Crippen LogP contribution in [0.3, 0.4) is 0 Å². The molecule has 1 N–H and O–H groups in total. The van der Waals surface area contributed by atoms with Crippen molar-refractivity contribution in [1.82, 2.24) is 15.1 Å². The minimum Gasteiger partial charge on any atom is -0.350 e. The van der Waals surface area contributed by atoms with E-state index in [1.807, 2.05) is 31.7 Å². The van der Waals surface area contributed by atoms with Crippen molar-refractivity contribution in [1.29, 1.82) is 0 Å². The van der Waals surface area contributed by atoms with Crippen molar-refractivity contribution in [2.45, 2.75) is 46.1 Å². The van der Waals surface area contributed by atoms with Crippen LogP contribution in [0.1, 0.15) is 40.0 Å². The molecular weight excluding hydrogens is 294 g/mol. The van der Waals surface area contributed by atoms with Crippen LogP contribution in [0, 0.1) is 5.92 Å². The van der Waals surface area contributed by atoms with Gasteiger partial charge in [0.2, 0.25) is 18.2 Å². The topological polar surface area (TPSA) is 69.7 Å². The second-order valence-corrected chi connectivity index (χ2v) is 6.44. The Hall–Kier alpha value is -1.85. The minimum atomic E-state index is -0.176. The molecule has 6 nitrogen and oxygen atoms in total. The number of carbonyl (C=O) groups excluding carboxylic acids is 3. The van der Waals surface area contributed by atoms with Crippen molar-refractivity contribution in [3.8, 4) is 0 Å². The summed E-state index contributed by atoms with van der Waals surface area (Å²) < 4.78 is 0. The first kappa shape index (κ1) is 19.2. The van der Waals surface area contributed by atoms with E-state index in [1.54, 1.807) is 11.9 Å². The van der Waals surface area contributed by atoms with E-state index in [-0.39, 0.29) is 30.3 Å². The number of hydrogen-bond acceptors (Lipinski definition) is 3. The van der Waals surface area contributed by atoms with Gasteiger partial charge in [0.25, 0.3) is 0 Å². The van der Waals surface area contributed by atoms with Crippen LogP contribution in [0.5, 0.6) is 0 Å². The van der Waals surface area contributed by atoms with Crippen LogP contribution in [0.2, 0.25) is 0 Å². The Morgan fingerprint density at radius 2 is 1.83 bits per heavy atom. The number of likely N-dealkylation sites (tertiary alicyclic amines) is 1. The Balaban J connectivity index is 2.81. The third-order valence-electron chi connectivity index (χ3n) is 4.26. The zero-order valence-electron chi connectivity index (χ0n) is 14.7. The number of piperidine rings is 1. The Morgan fingerprint density at radius 1 is 1.22 bits per heavy atom. The van der Waals surface area contributed by atoms with Gasteiger partial charge in [-0.1, -0.05) is 19.9 Å². The molecule has 0 saturated carbocycles. The first-order chi connectivity index (χ1) is 10.9. The summed E-state index contributed by atoms with van der Waals surface area (Å²) in [6.07, 6.45) is 5.68. The van der Waals surface area contributed by atoms with Gasteiger partial charge in [0.05, 0.1) is 12.6 Å². The average molecular weight is 323 g/mol. The van der Waals surface area contributed by atoms with Crippen molar-refractivity contribution in [2.75, 3.05) is 26.7 Å². The van der Waals surface area contributed by atoms with Gasteiger partial charge in [-0.3, -0.25) is 14.4 Å². The van der Waals surface area contributed by atoms with E-state index in [0.29, 0.717) is 12.0 Å². The van der Waals surface area contributed by atoms with Crippen LogP contribution in [0.4, 0.5) is 0 Å². The Bertz CT molecular complexity index is 454. The summed E-state index contributed by atoms with van der Waals surface area (Å²) in [5.41, 5.74) is 0.675. The van der Waals surface area contributed by atoms with Crippen LogP contribution < -0.4 is 5.32 Å². The quantitative estimate of drug-likeness (QED) is 0.565. The average Bonchev–Trinajstić information content (AvgIpc) is 2.56. The fourth-order valence-corrected chi connectivity index (χ4v) is 2.85. The van der Waals surface area contributed by atoms with E-state index in [0.717, 1.165) is 25.9 Å². The van der Waals surface area contributed by atoms with E-state index >= 15 is 0 Å². The van der Waals surface area contributed by atoms with Gasteiger partial charge in [-0.05, 0) is 32.1 Å². The molecule has 0 spiro atoms. The van der Waals surface area contributed by atoms with E-state index in [1.165, 1.54) is 6.42 Å².